The second-order valence-electron chi connectivity index (χ2n) is 5.90. The van der Waals surface area contributed by atoms with Gasteiger partial charge in [-0.25, -0.2) is 0 Å². The second kappa shape index (κ2) is 8.37. The van der Waals surface area contributed by atoms with Crippen molar-refractivity contribution < 1.29 is 9.90 Å². The van der Waals surface area contributed by atoms with Gasteiger partial charge in [0.05, 0.1) is 6.42 Å². The number of benzene rings is 3. The zero-order valence-corrected chi connectivity index (χ0v) is 15.3. The summed E-state index contributed by atoms with van der Waals surface area (Å²) in [4.78, 5) is 12.4. The number of carbonyl (C=O) groups excluding carboxylic acids is 1. The first-order valence-electron chi connectivity index (χ1n) is 8.09. The van der Waals surface area contributed by atoms with Crippen LogP contribution in [0.15, 0.2) is 72.8 Å². The number of hydrogen-bond donors (Lipinski definition) is 2. The number of amides is 1. The van der Waals surface area contributed by atoms with Crippen LogP contribution in [0.1, 0.15) is 22.8 Å². The van der Waals surface area contributed by atoms with Crippen LogP contribution in [0.25, 0.3) is 0 Å². The highest BCUT2D eigenvalue weighted by atomic mass is 35.5. The lowest BCUT2D eigenvalue weighted by molar-refractivity contribution is -0.115. The Hall–Kier alpha value is -2.33. The van der Waals surface area contributed by atoms with Crippen molar-refractivity contribution in [2.45, 2.75) is 12.5 Å². The normalized spacial score (nSPS) is 11.8. The van der Waals surface area contributed by atoms with E-state index in [1.54, 1.807) is 30.3 Å². The van der Waals surface area contributed by atoms with Gasteiger partial charge >= 0.3 is 0 Å². The molecule has 0 heterocycles. The third-order valence-corrected chi connectivity index (χ3v) is 4.46. The molecule has 0 aliphatic carbocycles. The Morgan fingerprint density at radius 2 is 1.58 bits per heavy atom. The first kappa shape index (κ1) is 18.5. The fraction of sp³-hybridized carbons (Fsp3) is 0.0952. The van der Waals surface area contributed by atoms with Gasteiger partial charge in [-0.15, -0.1) is 0 Å². The number of halogens is 2. The van der Waals surface area contributed by atoms with Crippen molar-refractivity contribution in [2.75, 3.05) is 5.32 Å². The van der Waals surface area contributed by atoms with E-state index >= 15 is 0 Å². The van der Waals surface area contributed by atoms with Gasteiger partial charge in [0.1, 0.15) is 6.10 Å². The van der Waals surface area contributed by atoms with Crippen molar-refractivity contribution in [3.05, 3.63) is 99.5 Å². The predicted molar refractivity (Wildman–Crippen MR) is 106 cm³/mol. The number of nitrogens with one attached hydrogen (secondary N) is 1. The van der Waals surface area contributed by atoms with E-state index in [0.717, 1.165) is 11.1 Å². The van der Waals surface area contributed by atoms with E-state index in [-0.39, 0.29) is 12.3 Å². The summed E-state index contributed by atoms with van der Waals surface area (Å²) >= 11 is 12.0. The summed E-state index contributed by atoms with van der Waals surface area (Å²) in [5, 5.41) is 14.7. The quantitative estimate of drug-likeness (QED) is 0.629. The first-order chi connectivity index (χ1) is 12.5. The molecule has 0 unspecified atom stereocenters. The van der Waals surface area contributed by atoms with Crippen LogP contribution in [0.2, 0.25) is 10.0 Å². The Kier molecular flexibility index (Phi) is 5.94. The summed E-state index contributed by atoms with van der Waals surface area (Å²) in [5.41, 5.74) is 2.66. The maximum atomic E-state index is 12.4. The van der Waals surface area contributed by atoms with E-state index < -0.39 is 6.10 Å². The molecule has 0 saturated carbocycles. The van der Waals surface area contributed by atoms with Gasteiger partial charge in [-0.05, 0) is 41.5 Å². The minimum Gasteiger partial charge on any atom is -0.384 e. The lowest BCUT2D eigenvalue weighted by Gasteiger charge is -2.17. The van der Waals surface area contributed by atoms with Crippen LogP contribution in [-0.4, -0.2) is 11.0 Å². The molecule has 0 aliphatic heterocycles. The zero-order valence-electron chi connectivity index (χ0n) is 13.8. The second-order valence-corrected chi connectivity index (χ2v) is 6.77. The van der Waals surface area contributed by atoms with Crippen LogP contribution < -0.4 is 5.32 Å². The fourth-order valence-electron chi connectivity index (χ4n) is 2.67. The van der Waals surface area contributed by atoms with E-state index in [2.05, 4.69) is 5.32 Å². The molecule has 132 valence electrons. The van der Waals surface area contributed by atoms with Crippen LogP contribution in [0.4, 0.5) is 5.69 Å². The molecule has 1 amide bonds. The van der Waals surface area contributed by atoms with Crippen molar-refractivity contribution in [1.82, 2.24) is 0 Å². The van der Waals surface area contributed by atoms with Gasteiger partial charge in [0, 0.05) is 21.3 Å². The highest BCUT2D eigenvalue weighted by molar-refractivity contribution is 6.31. The maximum Gasteiger partial charge on any atom is 0.228 e. The predicted octanol–water partition coefficient (Wildman–Crippen LogP) is 5.26. The Morgan fingerprint density at radius 1 is 0.923 bits per heavy atom. The molecule has 0 aliphatic rings. The summed E-state index contributed by atoms with van der Waals surface area (Å²) in [5.74, 6) is -0.184. The first-order valence-corrected chi connectivity index (χ1v) is 8.85. The molecular formula is C21H17Cl2NO2. The Bertz CT molecular complexity index is 896. The highest BCUT2D eigenvalue weighted by Crippen LogP contribution is 2.31. The maximum absolute atomic E-state index is 12.4. The summed E-state index contributed by atoms with van der Waals surface area (Å²) in [6.45, 7) is 0. The number of carbonyl (C=O) groups is 1. The molecule has 3 rings (SSSR count). The Balaban J connectivity index is 1.81. The lowest BCUT2D eigenvalue weighted by Crippen LogP contribution is -2.16. The van der Waals surface area contributed by atoms with E-state index in [0.29, 0.717) is 21.3 Å². The molecule has 0 saturated heterocycles. The van der Waals surface area contributed by atoms with Gasteiger partial charge in [0.15, 0.2) is 0 Å². The van der Waals surface area contributed by atoms with Crippen LogP contribution in [0, 0.1) is 0 Å². The van der Waals surface area contributed by atoms with E-state index in [1.807, 2.05) is 42.5 Å². The summed E-state index contributed by atoms with van der Waals surface area (Å²) in [6.07, 6.45) is -0.679. The van der Waals surface area contributed by atoms with Crippen molar-refractivity contribution in [1.29, 1.82) is 0 Å². The summed E-state index contributed by atoms with van der Waals surface area (Å²) in [7, 11) is 0. The molecule has 0 fully saturated rings. The minimum atomic E-state index is -0.888. The number of aliphatic hydroxyl groups is 1. The van der Waals surface area contributed by atoms with E-state index in [1.165, 1.54) is 0 Å². The van der Waals surface area contributed by atoms with Crippen molar-refractivity contribution in [2.24, 2.45) is 0 Å². The van der Waals surface area contributed by atoms with Gasteiger partial charge in [0.2, 0.25) is 5.91 Å². The van der Waals surface area contributed by atoms with Crippen molar-refractivity contribution in [3.63, 3.8) is 0 Å². The molecule has 1 atom stereocenters. The summed E-state index contributed by atoms with van der Waals surface area (Å²) < 4.78 is 0. The van der Waals surface area contributed by atoms with Gasteiger partial charge in [-0.3, -0.25) is 4.79 Å². The van der Waals surface area contributed by atoms with E-state index in [4.69, 9.17) is 23.2 Å². The standard InChI is InChI=1S/C21H17Cl2NO2/c22-16-8-6-14(7-9-16)12-20(25)24-19-11-10-17(23)13-18(19)21(26)15-4-2-1-3-5-15/h1-11,13,21,26H,12H2,(H,24,25)/t21-/m0/s1. The third-order valence-electron chi connectivity index (χ3n) is 3.98. The molecule has 3 aromatic carbocycles. The molecule has 0 spiro atoms. The van der Waals surface area contributed by atoms with Crippen LogP contribution in [-0.2, 0) is 11.2 Å². The van der Waals surface area contributed by atoms with Gasteiger partial charge < -0.3 is 10.4 Å². The smallest absolute Gasteiger partial charge is 0.228 e. The Labute approximate surface area is 162 Å². The van der Waals surface area contributed by atoms with Crippen LogP contribution in [0.3, 0.4) is 0 Å². The molecule has 2 N–H and O–H groups in total. The van der Waals surface area contributed by atoms with E-state index in [9.17, 15) is 9.90 Å². The number of rotatable bonds is 5. The molecular weight excluding hydrogens is 369 g/mol. The van der Waals surface area contributed by atoms with Gasteiger partial charge in [-0.1, -0.05) is 65.7 Å². The molecule has 3 nitrogen and oxygen atoms in total. The average Bonchev–Trinajstić information content (AvgIpc) is 2.65. The number of aliphatic hydroxyl groups excluding tert-OH is 1. The Morgan fingerprint density at radius 3 is 2.27 bits per heavy atom. The average molecular weight is 386 g/mol. The number of hydrogen-bond acceptors (Lipinski definition) is 2. The molecule has 26 heavy (non-hydrogen) atoms. The van der Waals surface area contributed by atoms with Crippen molar-refractivity contribution in [3.8, 4) is 0 Å². The van der Waals surface area contributed by atoms with Crippen LogP contribution in [0.5, 0.6) is 0 Å². The largest absolute Gasteiger partial charge is 0.384 e. The molecule has 0 aromatic heterocycles. The molecule has 3 aromatic rings. The monoisotopic (exact) mass is 385 g/mol. The molecule has 5 heteroatoms. The molecule has 0 radical (unpaired) electrons. The summed E-state index contributed by atoms with van der Waals surface area (Å²) in [6, 6.07) is 21.4. The highest BCUT2D eigenvalue weighted by Gasteiger charge is 2.17. The van der Waals surface area contributed by atoms with Gasteiger partial charge in [0.25, 0.3) is 0 Å². The SMILES string of the molecule is O=C(Cc1ccc(Cl)cc1)Nc1ccc(Cl)cc1[C@@H](O)c1ccccc1. The zero-order chi connectivity index (χ0) is 18.5. The minimum absolute atomic E-state index is 0.184. The molecule has 0 bridgehead atoms. The third kappa shape index (κ3) is 4.64. The topological polar surface area (TPSA) is 49.3 Å². The van der Waals surface area contributed by atoms with Crippen molar-refractivity contribution >= 4 is 34.8 Å². The van der Waals surface area contributed by atoms with Crippen LogP contribution >= 0.6 is 23.2 Å². The van der Waals surface area contributed by atoms with Gasteiger partial charge in [-0.2, -0.15) is 0 Å². The lowest BCUT2D eigenvalue weighted by atomic mass is 9.99. The fourth-order valence-corrected chi connectivity index (χ4v) is 2.98. The number of anilines is 1.